The summed E-state index contributed by atoms with van der Waals surface area (Å²) in [5, 5.41) is 8.07. The quantitative estimate of drug-likeness (QED) is 0.760. The summed E-state index contributed by atoms with van der Waals surface area (Å²) < 4.78 is 0. The summed E-state index contributed by atoms with van der Waals surface area (Å²) in [6, 6.07) is 10.1. The predicted octanol–water partition coefficient (Wildman–Crippen LogP) is 4.47. The summed E-state index contributed by atoms with van der Waals surface area (Å²) in [7, 11) is 0. The summed E-state index contributed by atoms with van der Waals surface area (Å²) in [5.74, 6) is -0.138. The molecule has 0 aliphatic carbocycles. The molecule has 2 amide bonds. The number of benzene rings is 1. The highest BCUT2D eigenvalue weighted by molar-refractivity contribution is 7.10. The standard InChI is InChI=1S/C23H31N3O2S/c1-15-14-18-10-13-29-20(18)16(2)26(15)12-11-24-21(27)17-6-8-19(9-7-17)25-22(28)23(3,4)5/h6-10,13,15-16H,11-12,14H2,1-5H3,(H,24,27)(H,25,28)/t15-,16+/m1/s1. The van der Waals surface area contributed by atoms with Crippen molar-refractivity contribution in [3.8, 4) is 0 Å². The second-order valence-electron chi connectivity index (χ2n) is 8.81. The van der Waals surface area contributed by atoms with Crippen molar-refractivity contribution in [1.29, 1.82) is 0 Å². The van der Waals surface area contributed by atoms with Gasteiger partial charge in [0, 0.05) is 46.7 Å². The van der Waals surface area contributed by atoms with E-state index in [2.05, 4.69) is 40.8 Å². The average molecular weight is 414 g/mol. The second-order valence-corrected chi connectivity index (χ2v) is 9.76. The van der Waals surface area contributed by atoms with Crippen molar-refractivity contribution in [2.24, 2.45) is 5.41 Å². The van der Waals surface area contributed by atoms with Crippen LogP contribution in [0.1, 0.15) is 61.5 Å². The first kappa shape index (κ1) is 21.5. The molecule has 3 rings (SSSR count). The molecule has 1 aliphatic rings. The van der Waals surface area contributed by atoms with Crippen molar-refractivity contribution in [3.05, 3.63) is 51.7 Å². The molecule has 5 nitrogen and oxygen atoms in total. The number of rotatable bonds is 5. The zero-order valence-electron chi connectivity index (χ0n) is 17.9. The number of carbonyl (C=O) groups excluding carboxylic acids is 2. The van der Waals surface area contributed by atoms with E-state index in [1.807, 2.05) is 32.1 Å². The van der Waals surface area contributed by atoms with Gasteiger partial charge in [-0.3, -0.25) is 14.5 Å². The largest absolute Gasteiger partial charge is 0.351 e. The fourth-order valence-corrected chi connectivity index (χ4v) is 4.70. The van der Waals surface area contributed by atoms with Crippen LogP contribution in [0, 0.1) is 5.41 Å². The maximum Gasteiger partial charge on any atom is 0.251 e. The summed E-state index contributed by atoms with van der Waals surface area (Å²) in [4.78, 5) is 28.5. The van der Waals surface area contributed by atoms with E-state index in [9.17, 15) is 9.59 Å². The number of nitrogens with zero attached hydrogens (tertiary/aromatic N) is 1. The van der Waals surface area contributed by atoms with Gasteiger partial charge in [-0.1, -0.05) is 20.8 Å². The Morgan fingerprint density at radius 2 is 1.83 bits per heavy atom. The molecule has 156 valence electrons. The summed E-state index contributed by atoms with van der Waals surface area (Å²) >= 11 is 1.82. The van der Waals surface area contributed by atoms with Crippen LogP contribution in [0.2, 0.25) is 0 Å². The van der Waals surface area contributed by atoms with E-state index in [1.54, 1.807) is 24.3 Å². The molecule has 1 aliphatic heterocycles. The third-order valence-electron chi connectivity index (χ3n) is 5.48. The number of hydrogen-bond acceptors (Lipinski definition) is 4. The van der Waals surface area contributed by atoms with Crippen LogP contribution in [0.25, 0.3) is 0 Å². The zero-order chi connectivity index (χ0) is 21.2. The second kappa shape index (κ2) is 8.67. The van der Waals surface area contributed by atoms with E-state index in [1.165, 1.54) is 10.4 Å². The highest BCUT2D eigenvalue weighted by Gasteiger charge is 2.29. The molecule has 29 heavy (non-hydrogen) atoms. The van der Waals surface area contributed by atoms with Crippen LogP contribution >= 0.6 is 11.3 Å². The van der Waals surface area contributed by atoms with Gasteiger partial charge in [0.1, 0.15) is 0 Å². The van der Waals surface area contributed by atoms with Gasteiger partial charge >= 0.3 is 0 Å². The van der Waals surface area contributed by atoms with Gasteiger partial charge < -0.3 is 10.6 Å². The summed E-state index contributed by atoms with van der Waals surface area (Å²) in [6.45, 7) is 11.5. The maximum atomic E-state index is 12.5. The summed E-state index contributed by atoms with van der Waals surface area (Å²) in [5.41, 5.74) is 2.31. The Labute approximate surface area is 177 Å². The van der Waals surface area contributed by atoms with Gasteiger partial charge in [0.15, 0.2) is 0 Å². The van der Waals surface area contributed by atoms with Crippen LogP contribution in [0.3, 0.4) is 0 Å². The van der Waals surface area contributed by atoms with Crippen molar-refractivity contribution in [2.45, 2.75) is 53.1 Å². The fourth-order valence-electron chi connectivity index (χ4n) is 3.69. The first-order valence-electron chi connectivity index (χ1n) is 10.2. The smallest absolute Gasteiger partial charge is 0.251 e. The molecule has 2 heterocycles. The molecule has 2 atom stereocenters. The molecule has 0 fully saturated rings. The monoisotopic (exact) mass is 413 g/mol. The number of anilines is 1. The molecule has 2 N–H and O–H groups in total. The maximum absolute atomic E-state index is 12.5. The van der Waals surface area contributed by atoms with E-state index in [4.69, 9.17) is 0 Å². The van der Waals surface area contributed by atoms with Gasteiger partial charge in [-0.15, -0.1) is 11.3 Å². The van der Waals surface area contributed by atoms with E-state index < -0.39 is 5.41 Å². The Balaban J connectivity index is 1.51. The molecule has 1 aromatic carbocycles. The summed E-state index contributed by atoms with van der Waals surface area (Å²) in [6.07, 6.45) is 1.07. The lowest BCUT2D eigenvalue weighted by Crippen LogP contribution is -2.44. The SMILES string of the molecule is C[C@@H]1Cc2ccsc2[C@H](C)N1CCNC(=O)c1ccc(NC(=O)C(C)(C)C)cc1. The minimum absolute atomic E-state index is 0.0478. The van der Waals surface area contributed by atoms with Crippen LogP contribution < -0.4 is 10.6 Å². The van der Waals surface area contributed by atoms with Crippen molar-refractivity contribution >= 4 is 28.8 Å². The Kier molecular flexibility index (Phi) is 6.44. The molecule has 2 aromatic rings. The molecule has 0 bridgehead atoms. The Morgan fingerprint density at radius 1 is 1.14 bits per heavy atom. The van der Waals surface area contributed by atoms with Crippen molar-refractivity contribution in [2.75, 3.05) is 18.4 Å². The number of thiophene rings is 1. The van der Waals surface area contributed by atoms with Gasteiger partial charge in [-0.2, -0.15) is 0 Å². The highest BCUT2D eigenvalue weighted by Crippen LogP contribution is 2.35. The third-order valence-corrected chi connectivity index (χ3v) is 6.61. The van der Waals surface area contributed by atoms with Crippen molar-refractivity contribution in [1.82, 2.24) is 10.2 Å². The zero-order valence-corrected chi connectivity index (χ0v) is 18.7. The van der Waals surface area contributed by atoms with Crippen LogP contribution in [-0.4, -0.2) is 35.8 Å². The van der Waals surface area contributed by atoms with E-state index in [0.717, 1.165) is 13.0 Å². The highest BCUT2D eigenvalue weighted by atomic mass is 32.1. The van der Waals surface area contributed by atoms with Gasteiger partial charge in [0.2, 0.25) is 5.91 Å². The number of nitrogens with one attached hydrogen (secondary N) is 2. The Bertz CT molecular complexity index is 867. The lowest BCUT2D eigenvalue weighted by molar-refractivity contribution is -0.123. The van der Waals surface area contributed by atoms with E-state index >= 15 is 0 Å². The first-order valence-corrected chi connectivity index (χ1v) is 11.1. The lowest BCUT2D eigenvalue weighted by Gasteiger charge is -2.38. The lowest BCUT2D eigenvalue weighted by atomic mass is 9.95. The number of fused-ring (bicyclic) bond motifs is 1. The van der Waals surface area contributed by atoms with Crippen molar-refractivity contribution < 1.29 is 9.59 Å². The van der Waals surface area contributed by atoms with Crippen LogP contribution in [0.5, 0.6) is 0 Å². The van der Waals surface area contributed by atoms with Gasteiger partial charge in [0.25, 0.3) is 5.91 Å². The van der Waals surface area contributed by atoms with Crippen LogP contribution in [0.15, 0.2) is 35.7 Å². The molecule has 6 heteroatoms. The minimum atomic E-state index is -0.456. The molecular weight excluding hydrogens is 382 g/mol. The van der Waals surface area contributed by atoms with Crippen molar-refractivity contribution in [3.63, 3.8) is 0 Å². The molecule has 1 aromatic heterocycles. The fraction of sp³-hybridized carbons (Fsp3) is 0.478. The third kappa shape index (κ3) is 5.06. The minimum Gasteiger partial charge on any atom is -0.351 e. The molecule has 0 saturated heterocycles. The van der Waals surface area contributed by atoms with Crippen LogP contribution in [-0.2, 0) is 11.2 Å². The van der Waals surface area contributed by atoms with E-state index in [0.29, 0.717) is 29.9 Å². The number of amides is 2. The van der Waals surface area contributed by atoms with Gasteiger partial charge in [-0.25, -0.2) is 0 Å². The normalized spacial score (nSPS) is 19.5. The Morgan fingerprint density at radius 3 is 2.48 bits per heavy atom. The average Bonchev–Trinajstić information content (AvgIpc) is 3.12. The molecule has 0 radical (unpaired) electrons. The van der Waals surface area contributed by atoms with Gasteiger partial charge in [-0.05, 0) is 61.5 Å². The van der Waals surface area contributed by atoms with E-state index in [-0.39, 0.29) is 11.8 Å². The molecule has 0 unspecified atom stereocenters. The topological polar surface area (TPSA) is 61.4 Å². The molecule has 0 spiro atoms. The van der Waals surface area contributed by atoms with Crippen LogP contribution in [0.4, 0.5) is 5.69 Å². The van der Waals surface area contributed by atoms with Gasteiger partial charge in [0.05, 0.1) is 0 Å². The molecule has 0 saturated carbocycles. The first-order chi connectivity index (χ1) is 13.7. The molecular formula is C23H31N3O2S. The predicted molar refractivity (Wildman–Crippen MR) is 119 cm³/mol. The number of hydrogen-bond donors (Lipinski definition) is 2. The number of carbonyl (C=O) groups is 2. The Hall–Kier alpha value is -2.18.